The third-order valence-corrected chi connectivity index (χ3v) is 2.97. The van der Waals surface area contributed by atoms with E-state index in [2.05, 4.69) is 4.74 Å². The number of esters is 1. The van der Waals surface area contributed by atoms with Crippen molar-refractivity contribution >= 4 is 11.9 Å². The van der Waals surface area contributed by atoms with E-state index in [0.29, 0.717) is 11.3 Å². The summed E-state index contributed by atoms with van der Waals surface area (Å²) in [6.45, 7) is 3.65. The second kappa shape index (κ2) is 5.68. The van der Waals surface area contributed by atoms with E-state index < -0.39 is 11.9 Å². The van der Waals surface area contributed by atoms with Gasteiger partial charge >= 0.3 is 11.9 Å². The van der Waals surface area contributed by atoms with Crippen molar-refractivity contribution in [2.75, 3.05) is 13.7 Å². The summed E-state index contributed by atoms with van der Waals surface area (Å²) in [7, 11) is 1.25. The normalized spacial score (nSPS) is 10.4. The molecule has 0 unspecified atom stereocenters. The topological polar surface area (TPSA) is 88.8 Å². The summed E-state index contributed by atoms with van der Waals surface area (Å²) in [6.07, 6.45) is -0.279. The molecule has 2 N–H and O–H groups in total. The number of rotatable bonds is 5. The first-order valence-electron chi connectivity index (χ1n) is 5.53. The van der Waals surface area contributed by atoms with E-state index >= 15 is 0 Å². The molecule has 18 heavy (non-hydrogen) atoms. The van der Waals surface area contributed by atoms with Gasteiger partial charge in [0.2, 0.25) is 0 Å². The molecule has 0 aliphatic carbocycles. The molecule has 0 amide bonds. The Balaban J connectivity index is 3.42. The Hall–Kier alpha value is -1.82. The molecule has 0 radical (unpaired) electrons. The molecule has 6 heteroatoms. The highest BCUT2D eigenvalue weighted by molar-refractivity contribution is 5.94. The standard InChI is InChI=1S/C12H17NO5/c1-7-8(2)13(4-5-14)9(6-10(15)16)11(7)12(17)18-3/h14H,4-6H2,1-3H3,(H,15,16). The van der Waals surface area contributed by atoms with Gasteiger partial charge in [0.1, 0.15) is 0 Å². The van der Waals surface area contributed by atoms with Crippen molar-refractivity contribution in [2.45, 2.75) is 26.8 Å². The minimum Gasteiger partial charge on any atom is -0.481 e. The van der Waals surface area contributed by atoms with Gasteiger partial charge in [-0.25, -0.2) is 4.79 Å². The lowest BCUT2D eigenvalue weighted by Crippen LogP contribution is -2.15. The van der Waals surface area contributed by atoms with E-state index in [0.717, 1.165) is 5.69 Å². The highest BCUT2D eigenvalue weighted by Crippen LogP contribution is 2.23. The van der Waals surface area contributed by atoms with Crippen LogP contribution in [0.4, 0.5) is 0 Å². The maximum atomic E-state index is 11.7. The molecule has 0 fully saturated rings. The van der Waals surface area contributed by atoms with Gasteiger partial charge < -0.3 is 19.5 Å². The van der Waals surface area contributed by atoms with Crippen molar-refractivity contribution in [3.63, 3.8) is 0 Å². The van der Waals surface area contributed by atoms with Gasteiger partial charge in [0, 0.05) is 17.9 Å². The summed E-state index contributed by atoms with van der Waals surface area (Å²) in [6, 6.07) is 0. The van der Waals surface area contributed by atoms with Gasteiger partial charge in [0.05, 0.1) is 25.7 Å². The van der Waals surface area contributed by atoms with Crippen molar-refractivity contribution in [1.82, 2.24) is 4.57 Å². The molecule has 1 heterocycles. The number of carboxylic acid groups (broad SMARTS) is 1. The van der Waals surface area contributed by atoms with E-state index in [9.17, 15) is 9.59 Å². The number of hydrogen-bond acceptors (Lipinski definition) is 4. The van der Waals surface area contributed by atoms with Crippen LogP contribution in [0.15, 0.2) is 0 Å². The molecule has 0 atom stereocenters. The van der Waals surface area contributed by atoms with Gasteiger partial charge in [-0.05, 0) is 19.4 Å². The van der Waals surface area contributed by atoms with Crippen molar-refractivity contribution < 1.29 is 24.5 Å². The van der Waals surface area contributed by atoms with Gasteiger partial charge in [-0.2, -0.15) is 0 Å². The monoisotopic (exact) mass is 255 g/mol. The Bertz CT molecular complexity index is 475. The van der Waals surface area contributed by atoms with Gasteiger partial charge in [0.15, 0.2) is 0 Å². The maximum Gasteiger partial charge on any atom is 0.339 e. The summed E-state index contributed by atoms with van der Waals surface area (Å²) < 4.78 is 6.33. The van der Waals surface area contributed by atoms with E-state index in [1.807, 2.05) is 0 Å². The van der Waals surface area contributed by atoms with E-state index in [1.54, 1.807) is 18.4 Å². The first kappa shape index (κ1) is 14.2. The SMILES string of the molecule is COC(=O)c1c(C)c(C)n(CCO)c1CC(=O)O. The highest BCUT2D eigenvalue weighted by atomic mass is 16.5. The molecule has 0 aliphatic rings. The molecule has 1 rings (SSSR count). The quantitative estimate of drug-likeness (QED) is 0.748. The number of ether oxygens (including phenoxy) is 1. The Morgan fingerprint density at radius 2 is 1.94 bits per heavy atom. The second-order valence-electron chi connectivity index (χ2n) is 3.97. The summed E-state index contributed by atoms with van der Waals surface area (Å²) in [5, 5.41) is 17.9. The molecular weight excluding hydrogens is 238 g/mol. The predicted octanol–water partition coefficient (Wildman–Crippen LogP) is 0.511. The number of aliphatic hydroxyl groups excluding tert-OH is 1. The molecular formula is C12H17NO5. The first-order chi connectivity index (χ1) is 8.43. The van der Waals surface area contributed by atoms with Gasteiger partial charge in [-0.1, -0.05) is 0 Å². The molecule has 0 aromatic carbocycles. The minimum atomic E-state index is -1.03. The molecule has 0 aliphatic heterocycles. The molecule has 0 saturated carbocycles. The average molecular weight is 255 g/mol. The number of hydrogen-bond donors (Lipinski definition) is 2. The lowest BCUT2D eigenvalue weighted by atomic mass is 10.1. The van der Waals surface area contributed by atoms with Crippen molar-refractivity contribution in [1.29, 1.82) is 0 Å². The Kier molecular flexibility index (Phi) is 4.49. The fourth-order valence-electron chi connectivity index (χ4n) is 2.04. The summed E-state index contributed by atoms with van der Waals surface area (Å²) >= 11 is 0. The zero-order valence-electron chi connectivity index (χ0n) is 10.7. The van der Waals surface area contributed by atoms with Crippen molar-refractivity contribution in [2.24, 2.45) is 0 Å². The average Bonchev–Trinajstić information content (AvgIpc) is 2.53. The fourth-order valence-corrected chi connectivity index (χ4v) is 2.04. The van der Waals surface area contributed by atoms with Crippen LogP contribution in [0.1, 0.15) is 27.3 Å². The predicted molar refractivity (Wildman–Crippen MR) is 63.7 cm³/mol. The lowest BCUT2D eigenvalue weighted by Gasteiger charge is -2.09. The smallest absolute Gasteiger partial charge is 0.339 e. The molecule has 1 aromatic rings. The minimum absolute atomic E-state index is 0.123. The third-order valence-electron chi connectivity index (χ3n) is 2.97. The van der Waals surface area contributed by atoms with Crippen LogP contribution in [-0.2, 0) is 22.5 Å². The van der Waals surface area contributed by atoms with Crippen LogP contribution in [0.5, 0.6) is 0 Å². The molecule has 0 saturated heterocycles. The maximum absolute atomic E-state index is 11.7. The number of carboxylic acids is 1. The lowest BCUT2D eigenvalue weighted by molar-refractivity contribution is -0.136. The summed E-state index contributed by atoms with van der Waals surface area (Å²) in [5.74, 6) is -1.58. The van der Waals surface area contributed by atoms with Crippen LogP contribution < -0.4 is 0 Å². The van der Waals surface area contributed by atoms with Crippen LogP contribution in [0.25, 0.3) is 0 Å². The summed E-state index contributed by atoms with van der Waals surface area (Å²) in [4.78, 5) is 22.6. The van der Waals surface area contributed by atoms with Crippen molar-refractivity contribution in [3.05, 3.63) is 22.5 Å². The zero-order valence-corrected chi connectivity index (χ0v) is 10.7. The first-order valence-corrected chi connectivity index (χ1v) is 5.53. The number of aliphatic hydroxyl groups is 1. The number of carbonyl (C=O) groups is 2. The number of aliphatic carboxylic acids is 1. The van der Waals surface area contributed by atoms with Crippen molar-refractivity contribution in [3.8, 4) is 0 Å². The van der Waals surface area contributed by atoms with E-state index in [4.69, 9.17) is 10.2 Å². The molecule has 6 nitrogen and oxygen atoms in total. The largest absolute Gasteiger partial charge is 0.481 e. The number of methoxy groups -OCH3 is 1. The summed E-state index contributed by atoms with van der Waals surface area (Å²) in [5.41, 5.74) is 2.11. The number of carbonyl (C=O) groups excluding carboxylic acids is 1. The number of aromatic nitrogens is 1. The van der Waals surface area contributed by atoms with E-state index in [-0.39, 0.29) is 25.1 Å². The van der Waals surface area contributed by atoms with Crippen LogP contribution >= 0.6 is 0 Å². The molecule has 0 bridgehead atoms. The van der Waals surface area contributed by atoms with E-state index in [1.165, 1.54) is 7.11 Å². The second-order valence-corrected chi connectivity index (χ2v) is 3.97. The molecule has 1 aromatic heterocycles. The van der Waals surface area contributed by atoms with Gasteiger partial charge in [-0.15, -0.1) is 0 Å². The van der Waals surface area contributed by atoms with Crippen LogP contribution in [0.2, 0.25) is 0 Å². The Morgan fingerprint density at radius 3 is 2.39 bits per heavy atom. The molecule has 0 spiro atoms. The highest BCUT2D eigenvalue weighted by Gasteiger charge is 2.24. The fraction of sp³-hybridized carbons (Fsp3) is 0.500. The van der Waals surface area contributed by atoms with Crippen LogP contribution in [-0.4, -0.2) is 40.4 Å². The van der Waals surface area contributed by atoms with Gasteiger partial charge in [-0.3, -0.25) is 4.79 Å². The van der Waals surface area contributed by atoms with Crippen LogP contribution in [0.3, 0.4) is 0 Å². The van der Waals surface area contributed by atoms with Crippen LogP contribution in [0, 0.1) is 13.8 Å². The Labute approximate surface area is 105 Å². The molecule has 100 valence electrons. The van der Waals surface area contributed by atoms with Gasteiger partial charge in [0.25, 0.3) is 0 Å². The number of nitrogens with zero attached hydrogens (tertiary/aromatic N) is 1. The Morgan fingerprint density at radius 1 is 1.33 bits per heavy atom. The third kappa shape index (κ3) is 2.53. The zero-order chi connectivity index (χ0) is 13.9.